The van der Waals surface area contributed by atoms with E-state index in [0.717, 1.165) is 25.7 Å². The molecule has 0 saturated heterocycles. The number of rotatable bonds is 11. The van der Waals surface area contributed by atoms with Gasteiger partial charge >= 0.3 is 6.16 Å². The van der Waals surface area contributed by atoms with Crippen LogP contribution in [-0.2, 0) is 15.3 Å². The van der Waals surface area contributed by atoms with Gasteiger partial charge in [0.15, 0.2) is 17.3 Å². The molecule has 6 heteroatoms. The van der Waals surface area contributed by atoms with Gasteiger partial charge < -0.3 is 24.4 Å². The first kappa shape index (κ1) is 20.3. The Hall–Kier alpha value is -1.79. The topological polar surface area (TPSA) is 85.2 Å². The van der Waals surface area contributed by atoms with Crippen molar-refractivity contribution in [1.82, 2.24) is 0 Å². The molecule has 0 aliphatic heterocycles. The molecule has 0 amide bonds. The van der Waals surface area contributed by atoms with E-state index in [-0.39, 0.29) is 11.5 Å². The predicted octanol–water partition coefficient (Wildman–Crippen LogP) is 4.65. The van der Waals surface area contributed by atoms with Crippen molar-refractivity contribution < 1.29 is 29.2 Å². The minimum absolute atomic E-state index is 0.127. The average Bonchev–Trinajstić information content (AvgIpc) is 2.53. The van der Waals surface area contributed by atoms with Crippen LogP contribution in [0.1, 0.15) is 58.4 Å². The van der Waals surface area contributed by atoms with Crippen LogP contribution < -0.4 is 4.74 Å². The molecule has 0 unspecified atom stereocenters. The number of benzene rings is 1. The Morgan fingerprint density at radius 1 is 1.08 bits per heavy atom. The molecule has 136 valence electrons. The number of carboxylic acid groups (broad SMARTS) is 1. The smallest absolute Gasteiger partial charge is 0.504 e. The SMILES string of the molecule is CCCCCCC(OCC)(OCC)c1cccc(OC(=O)O)c1O. The number of hydrogen-bond donors (Lipinski definition) is 2. The first-order valence-corrected chi connectivity index (χ1v) is 8.51. The lowest BCUT2D eigenvalue weighted by atomic mass is 9.97. The second-order valence-electron chi connectivity index (χ2n) is 5.45. The van der Waals surface area contributed by atoms with E-state index in [1.165, 1.54) is 6.07 Å². The Labute approximate surface area is 143 Å². The van der Waals surface area contributed by atoms with Crippen LogP contribution in [0, 0.1) is 0 Å². The Morgan fingerprint density at radius 3 is 2.29 bits per heavy atom. The fourth-order valence-electron chi connectivity index (χ4n) is 2.73. The van der Waals surface area contributed by atoms with E-state index in [9.17, 15) is 9.90 Å². The fraction of sp³-hybridized carbons (Fsp3) is 0.611. The van der Waals surface area contributed by atoms with Gasteiger partial charge in [-0.05, 0) is 32.4 Å². The molecule has 0 aliphatic carbocycles. The molecule has 0 spiro atoms. The van der Waals surface area contributed by atoms with E-state index >= 15 is 0 Å². The highest BCUT2D eigenvalue weighted by Gasteiger charge is 2.37. The molecule has 0 atom stereocenters. The van der Waals surface area contributed by atoms with Crippen LogP contribution in [0.3, 0.4) is 0 Å². The standard InChI is InChI=1S/C18H28O6/c1-4-7-8-9-13-18(22-5-2,23-6-3)14-11-10-12-15(16(14)19)24-17(20)21/h10-12,19H,4-9,13H2,1-3H3,(H,20,21). The highest BCUT2D eigenvalue weighted by Crippen LogP contribution is 2.42. The molecule has 1 aromatic rings. The van der Waals surface area contributed by atoms with Gasteiger partial charge in [-0.3, -0.25) is 0 Å². The normalized spacial score (nSPS) is 11.5. The van der Waals surface area contributed by atoms with E-state index in [1.807, 2.05) is 13.8 Å². The summed E-state index contributed by atoms with van der Waals surface area (Å²) in [6.07, 6.45) is 3.22. The van der Waals surface area contributed by atoms with E-state index < -0.39 is 11.9 Å². The van der Waals surface area contributed by atoms with Crippen molar-refractivity contribution in [2.45, 2.75) is 58.7 Å². The molecule has 0 aromatic heterocycles. The maximum atomic E-state index is 10.8. The van der Waals surface area contributed by atoms with Crippen molar-refractivity contribution in [2.24, 2.45) is 0 Å². The number of hydrogen-bond acceptors (Lipinski definition) is 5. The Morgan fingerprint density at radius 2 is 1.75 bits per heavy atom. The maximum Gasteiger partial charge on any atom is 0.511 e. The minimum Gasteiger partial charge on any atom is -0.504 e. The van der Waals surface area contributed by atoms with Crippen molar-refractivity contribution in [1.29, 1.82) is 0 Å². The maximum absolute atomic E-state index is 10.8. The summed E-state index contributed by atoms with van der Waals surface area (Å²) in [6, 6.07) is 4.69. The van der Waals surface area contributed by atoms with Gasteiger partial charge in [0.05, 0.1) is 5.56 Å². The van der Waals surface area contributed by atoms with E-state index in [4.69, 9.17) is 14.6 Å². The second kappa shape index (κ2) is 10.2. The van der Waals surface area contributed by atoms with Crippen LogP contribution in [0.2, 0.25) is 0 Å². The monoisotopic (exact) mass is 340 g/mol. The number of phenols is 1. The van der Waals surface area contributed by atoms with Crippen LogP contribution in [-0.4, -0.2) is 29.6 Å². The summed E-state index contributed by atoms with van der Waals surface area (Å²) in [5.74, 6) is -1.51. The van der Waals surface area contributed by atoms with E-state index in [1.54, 1.807) is 12.1 Å². The van der Waals surface area contributed by atoms with Crippen molar-refractivity contribution in [3.05, 3.63) is 23.8 Å². The lowest BCUT2D eigenvalue weighted by Gasteiger charge is -2.34. The molecule has 2 N–H and O–H groups in total. The first-order valence-electron chi connectivity index (χ1n) is 8.51. The summed E-state index contributed by atoms with van der Waals surface area (Å²) in [4.78, 5) is 10.8. The Kier molecular flexibility index (Phi) is 8.57. The largest absolute Gasteiger partial charge is 0.511 e. The molecule has 0 radical (unpaired) electrons. The second-order valence-corrected chi connectivity index (χ2v) is 5.45. The molecular formula is C18H28O6. The molecule has 0 heterocycles. The third kappa shape index (κ3) is 5.39. The lowest BCUT2D eigenvalue weighted by molar-refractivity contribution is -0.248. The fourth-order valence-corrected chi connectivity index (χ4v) is 2.73. The van der Waals surface area contributed by atoms with Crippen LogP contribution in [0.25, 0.3) is 0 Å². The number of carbonyl (C=O) groups is 1. The van der Waals surface area contributed by atoms with E-state index in [2.05, 4.69) is 11.7 Å². The molecule has 0 bridgehead atoms. The molecule has 1 rings (SSSR count). The van der Waals surface area contributed by atoms with Gasteiger partial charge in [-0.15, -0.1) is 0 Å². The predicted molar refractivity (Wildman–Crippen MR) is 90.4 cm³/mol. The quantitative estimate of drug-likeness (QED) is 0.264. The summed E-state index contributed by atoms with van der Waals surface area (Å²) in [5.41, 5.74) is 0.390. The molecule has 6 nitrogen and oxygen atoms in total. The van der Waals surface area contributed by atoms with Crippen LogP contribution >= 0.6 is 0 Å². The minimum atomic E-state index is -1.48. The average molecular weight is 340 g/mol. The zero-order valence-electron chi connectivity index (χ0n) is 14.7. The van der Waals surface area contributed by atoms with Crippen LogP contribution in [0.15, 0.2) is 18.2 Å². The molecule has 0 fully saturated rings. The third-order valence-electron chi connectivity index (χ3n) is 3.72. The number of para-hydroxylation sites is 1. The van der Waals surface area contributed by atoms with Gasteiger partial charge in [-0.1, -0.05) is 32.3 Å². The Bertz CT molecular complexity index is 508. The molecule has 24 heavy (non-hydrogen) atoms. The summed E-state index contributed by atoms with van der Waals surface area (Å²) in [7, 11) is 0. The zero-order valence-corrected chi connectivity index (χ0v) is 14.7. The van der Waals surface area contributed by atoms with Gasteiger partial charge in [0.1, 0.15) is 0 Å². The molecule has 0 aliphatic rings. The molecule has 1 aromatic carbocycles. The number of aromatic hydroxyl groups is 1. The van der Waals surface area contributed by atoms with Crippen molar-refractivity contribution in [3.8, 4) is 11.5 Å². The third-order valence-corrected chi connectivity index (χ3v) is 3.72. The number of ether oxygens (including phenoxy) is 3. The lowest BCUT2D eigenvalue weighted by Crippen LogP contribution is -2.33. The van der Waals surface area contributed by atoms with Gasteiger partial charge in [0.25, 0.3) is 0 Å². The van der Waals surface area contributed by atoms with Gasteiger partial charge in [-0.2, -0.15) is 0 Å². The van der Waals surface area contributed by atoms with Gasteiger partial charge in [0, 0.05) is 19.6 Å². The van der Waals surface area contributed by atoms with E-state index in [0.29, 0.717) is 25.2 Å². The summed E-state index contributed by atoms with van der Waals surface area (Å²) < 4.78 is 16.4. The number of unbranched alkanes of at least 4 members (excludes halogenated alkanes) is 3. The van der Waals surface area contributed by atoms with Crippen molar-refractivity contribution >= 4 is 6.16 Å². The Balaban J connectivity index is 3.18. The van der Waals surface area contributed by atoms with Gasteiger partial charge in [-0.25, -0.2) is 4.79 Å². The summed E-state index contributed by atoms with van der Waals surface area (Å²) >= 11 is 0. The highest BCUT2D eigenvalue weighted by molar-refractivity contribution is 5.63. The van der Waals surface area contributed by atoms with Crippen molar-refractivity contribution in [3.63, 3.8) is 0 Å². The zero-order chi connectivity index (χ0) is 18.0. The first-order chi connectivity index (χ1) is 11.5. The summed E-state index contributed by atoms with van der Waals surface area (Å²) in [6.45, 7) is 6.65. The van der Waals surface area contributed by atoms with Gasteiger partial charge in [0.2, 0.25) is 0 Å². The molecule has 0 saturated carbocycles. The van der Waals surface area contributed by atoms with Crippen molar-refractivity contribution in [2.75, 3.05) is 13.2 Å². The molecular weight excluding hydrogens is 312 g/mol. The summed E-state index contributed by atoms with van der Waals surface area (Å²) in [5, 5.41) is 19.3. The number of phenolic OH excluding ortho intramolecular Hbond substituents is 1. The van der Waals surface area contributed by atoms with Crippen LogP contribution in [0.5, 0.6) is 11.5 Å². The van der Waals surface area contributed by atoms with Crippen LogP contribution in [0.4, 0.5) is 4.79 Å². The highest BCUT2D eigenvalue weighted by atomic mass is 16.7.